The number of carbonyl (C=O) groups is 1. The van der Waals surface area contributed by atoms with Gasteiger partial charge in [0, 0.05) is 24.1 Å². The van der Waals surface area contributed by atoms with Crippen LogP contribution in [0.1, 0.15) is 17.2 Å². The van der Waals surface area contributed by atoms with Crippen LogP contribution in [0, 0.1) is 0 Å². The quantitative estimate of drug-likeness (QED) is 0.821. The summed E-state index contributed by atoms with van der Waals surface area (Å²) in [6.07, 6.45) is -0.587. The van der Waals surface area contributed by atoms with Crippen molar-refractivity contribution in [3.8, 4) is 17.2 Å². The van der Waals surface area contributed by atoms with Crippen molar-refractivity contribution in [1.82, 2.24) is 0 Å². The third-order valence-electron chi connectivity index (χ3n) is 3.16. The Bertz CT molecular complexity index is 634. The maximum Gasteiger partial charge on any atom is 0.182 e. The van der Waals surface area contributed by atoms with E-state index in [9.17, 15) is 15.0 Å². The molecule has 4 nitrogen and oxygen atoms in total. The van der Waals surface area contributed by atoms with Crippen LogP contribution in [-0.4, -0.2) is 16.0 Å². The molecule has 0 saturated heterocycles. The number of hydrogen-bond donors (Lipinski definition) is 2. The van der Waals surface area contributed by atoms with Crippen molar-refractivity contribution in [1.29, 1.82) is 0 Å². The molecule has 0 aliphatic carbocycles. The lowest BCUT2D eigenvalue weighted by Gasteiger charge is -2.25. The van der Waals surface area contributed by atoms with Crippen LogP contribution in [0.3, 0.4) is 0 Å². The number of rotatable bonds is 1. The number of phenolic OH excluding ortho intramolecular Hbond substituents is 2. The molecule has 19 heavy (non-hydrogen) atoms. The molecule has 2 aromatic carbocycles. The lowest BCUT2D eigenvalue weighted by Crippen LogP contribution is -2.25. The van der Waals surface area contributed by atoms with E-state index in [0.29, 0.717) is 11.3 Å². The zero-order chi connectivity index (χ0) is 13.4. The molecular formula is C15H12O4. The van der Waals surface area contributed by atoms with Gasteiger partial charge in [-0.1, -0.05) is 30.3 Å². The summed E-state index contributed by atoms with van der Waals surface area (Å²) in [6.45, 7) is 0. The zero-order valence-electron chi connectivity index (χ0n) is 10.0. The number of hydrogen-bond acceptors (Lipinski definition) is 4. The lowest BCUT2D eigenvalue weighted by molar-refractivity contribution is -0.126. The number of Topliss-reactive ketones (excluding diaryl/α,β-unsaturated/α-hetero) is 1. The average Bonchev–Trinajstić information content (AvgIpc) is 2.40. The molecule has 0 amide bonds. The number of ether oxygens (including phenoxy) is 1. The molecule has 1 unspecified atom stereocenters. The first-order valence-corrected chi connectivity index (χ1v) is 5.94. The molecular weight excluding hydrogens is 244 g/mol. The molecule has 96 valence electrons. The molecule has 0 fully saturated rings. The van der Waals surface area contributed by atoms with E-state index in [1.165, 1.54) is 12.1 Å². The van der Waals surface area contributed by atoms with Crippen LogP contribution in [0.2, 0.25) is 0 Å². The van der Waals surface area contributed by atoms with E-state index in [0.717, 1.165) is 5.56 Å². The first kappa shape index (κ1) is 11.6. The third kappa shape index (κ3) is 2.01. The predicted molar refractivity (Wildman–Crippen MR) is 68.3 cm³/mol. The summed E-state index contributed by atoms with van der Waals surface area (Å²) in [6, 6.07) is 11.8. The van der Waals surface area contributed by atoms with E-state index in [-0.39, 0.29) is 23.7 Å². The Balaban J connectivity index is 2.03. The van der Waals surface area contributed by atoms with Crippen molar-refractivity contribution < 1.29 is 19.7 Å². The predicted octanol–water partition coefficient (Wildman–Crippen LogP) is 2.34. The van der Waals surface area contributed by atoms with Gasteiger partial charge in [0.05, 0.1) is 0 Å². The van der Waals surface area contributed by atoms with Crippen molar-refractivity contribution in [2.24, 2.45) is 0 Å². The highest BCUT2D eigenvalue weighted by molar-refractivity contribution is 5.89. The molecule has 1 aliphatic heterocycles. The maximum atomic E-state index is 12.1. The highest BCUT2D eigenvalue weighted by atomic mass is 16.5. The number of fused-ring (bicyclic) bond motifs is 1. The molecule has 0 spiro atoms. The number of ketones is 1. The van der Waals surface area contributed by atoms with Gasteiger partial charge >= 0.3 is 0 Å². The van der Waals surface area contributed by atoms with Crippen LogP contribution in [-0.2, 0) is 11.2 Å². The Morgan fingerprint density at radius 1 is 1.11 bits per heavy atom. The standard InChI is InChI=1S/C15H12O4/c16-10-6-12(17)11-8-13(18)15(19-14(11)7-10)9-4-2-1-3-5-9/h1-7,15-17H,8H2. The second-order valence-electron chi connectivity index (χ2n) is 4.49. The van der Waals surface area contributed by atoms with Gasteiger partial charge in [0.15, 0.2) is 11.9 Å². The third-order valence-corrected chi connectivity index (χ3v) is 3.16. The molecule has 1 heterocycles. The van der Waals surface area contributed by atoms with Crippen molar-refractivity contribution in [3.63, 3.8) is 0 Å². The van der Waals surface area contributed by atoms with Crippen LogP contribution < -0.4 is 4.74 Å². The summed E-state index contributed by atoms with van der Waals surface area (Å²) < 4.78 is 5.62. The minimum atomic E-state index is -0.685. The van der Waals surface area contributed by atoms with Crippen LogP contribution in [0.25, 0.3) is 0 Å². The molecule has 4 heteroatoms. The van der Waals surface area contributed by atoms with Crippen LogP contribution >= 0.6 is 0 Å². The molecule has 0 saturated carbocycles. The van der Waals surface area contributed by atoms with E-state index < -0.39 is 6.10 Å². The molecule has 0 aromatic heterocycles. The SMILES string of the molecule is O=C1Cc2c(O)cc(O)cc2OC1c1ccccc1. The molecule has 1 atom stereocenters. The fraction of sp³-hybridized carbons (Fsp3) is 0.133. The fourth-order valence-electron chi connectivity index (χ4n) is 2.24. The van der Waals surface area contributed by atoms with Gasteiger partial charge < -0.3 is 14.9 Å². The summed E-state index contributed by atoms with van der Waals surface area (Å²) in [5, 5.41) is 19.2. The molecule has 0 radical (unpaired) electrons. The summed E-state index contributed by atoms with van der Waals surface area (Å²) >= 11 is 0. The summed E-state index contributed by atoms with van der Waals surface area (Å²) in [5.41, 5.74) is 1.19. The van der Waals surface area contributed by atoms with Gasteiger partial charge in [-0.3, -0.25) is 4.79 Å². The first-order valence-electron chi connectivity index (χ1n) is 5.94. The Kier molecular flexibility index (Phi) is 2.63. The topological polar surface area (TPSA) is 66.8 Å². The highest BCUT2D eigenvalue weighted by Gasteiger charge is 2.31. The maximum absolute atomic E-state index is 12.1. The second-order valence-corrected chi connectivity index (χ2v) is 4.49. The minimum absolute atomic E-state index is 0.0857. The van der Waals surface area contributed by atoms with E-state index in [1.807, 2.05) is 30.3 Å². The van der Waals surface area contributed by atoms with Gasteiger partial charge in [-0.25, -0.2) is 0 Å². The number of aromatic hydroxyl groups is 2. The van der Waals surface area contributed by atoms with E-state index in [4.69, 9.17) is 4.74 Å². The largest absolute Gasteiger partial charge is 0.508 e. The van der Waals surface area contributed by atoms with Crippen molar-refractivity contribution in [2.75, 3.05) is 0 Å². The van der Waals surface area contributed by atoms with Crippen LogP contribution in [0.15, 0.2) is 42.5 Å². The van der Waals surface area contributed by atoms with Crippen LogP contribution in [0.5, 0.6) is 17.2 Å². The molecule has 2 aromatic rings. The molecule has 3 rings (SSSR count). The molecule has 0 bridgehead atoms. The minimum Gasteiger partial charge on any atom is -0.508 e. The van der Waals surface area contributed by atoms with Crippen molar-refractivity contribution >= 4 is 5.78 Å². The van der Waals surface area contributed by atoms with Crippen molar-refractivity contribution in [3.05, 3.63) is 53.6 Å². The average molecular weight is 256 g/mol. The Hall–Kier alpha value is -2.49. The Labute approximate surface area is 109 Å². The first-order chi connectivity index (χ1) is 9.15. The smallest absolute Gasteiger partial charge is 0.182 e. The monoisotopic (exact) mass is 256 g/mol. The summed E-state index contributed by atoms with van der Waals surface area (Å²) in [5.74, 6) is 0.0397. The molecule has 2 N–H and O–H groups in total. The van der Waals surface area contributed by atoms with E-state index in [1.54, 1.807) is 0 Å². The Morgan fingerprint density at radius 3 is 2.58 bits per heavy atom. The normalized spacial score (nSPS) is 17.7. The summed E-state index contributed by atoms with van der Waals surface area (Å²) in [7, 11) is 0. The number of phenols is 2. The Morgan fingerprint density at radius 2 is 1.84 bits per heavy atom. The van der Waals surface area contributed by atoms with E-state index in [2.05, 4.69) is 0 Å². The second kappa shape index (κ2) is 4.31. The summed E-state index contributed by atoms with van der Waals surface area (Å²) in [4.78, 5) is 12.1. The lowest BCUT2D eigenvalue weighted by atomic mass is 9.95. The van der Waals surface area contributed by atoms with Crippen LogP contribution in [0.4, 0.5) is 0 Å². The number of benzene rings is 2. The number of carbonyl (C=O) groups excluding carboxylic acids is 1. The van der Waals surface area contributed by atoms with Gasteiger partial charge in [0.2, 0.25) is 0 Å². The van der Waals surface area contributed by atoms with Gasteiger partial charge in [-0.2, -0.15) is 0 Å². The van der Waals surface area contributed by atoms with Gasteiger partial charge in [-0.15, -0.1) is 0 Å². The highest BCUT2D eigenvalue weighted by Crippen LogP contribution is 2.40. The van der Waals surface area contributed by atoms with Crippen molar-refractivity contribution in [2.45, 2.75) is 12.5 Å². The molecule has 1 aliphatic rings. The van der Waals surface area contributed by atoms with Gasteiger partial charge in [0.25, 0.3) is 0 Å². The van der Waals surface area contributed by atoms with E-state index >= 15 is 0 Å². The zero-order valence-corrected chi connectivity index (χ0v) is 10.0. The van der Waals surface area contributed by atoms with Gasteiger partial charge in [-0.05, 0) is 5.56 Å². The fourth-order valence-corrected chi connectivity index (χ4v) is 2.24. The van der Waals surface area contributed by atoms with Gasteiger partial charge in [0.1, 0.15) is 17.2 Å².